The van der Waals surface area contributed by atoms with Crippen LogP contribution in [0.3, 0.4) is 0 Å². The van der Waals surface area contributed by atoms with E-state index in [2.05, 4.69) is 73.6 Å². The summed E-state index contributed by atoms with van der Waals surface area (Å²) in [7, 11) is 4.21. The fourth-order valence-electron chi connectivity index (χ4n) is 1.90. The predicted molar refractivity (Wildman–Crippen MR) is 58.5 cm³/mol. The molecule has 1 heterocycles. The van der Waals surface area contributed by atoms with Gasteiger partial charge in [0, 0.05) is 26.5 Å². The molecule has 0 aromatic heterocycles. The summed E-state index contributed by atoms with van der Waals surface area (Å²) in [6.07, 6.45) is 4.21. The van der Waals surface area contributed by atoms with E-state index in [1.807, 2.05) is 0 Å². The summed E-state index contributed by atoms with van der Waals surface area (Å²) in [5, 5.41) is 0. The van der Waals surface area contributed by atoms with Gasteiger partial charge in [0.25, 0.3) is 0 Å². The van der Waals surface area contributed by atoms with Gasteiger partial charge < -0.3 is 9.80 Å². The summed E-state index contributed by atoms with van der Waals surface area (Å²) in [6.45, 7) is 2.22. The highest BCUT2D eigenvalue weighted by Crippen LogP contribution is 2.34. The van der Waals surface area contributed by atoms with Crippen LogP contribution in [0.4, 0.5) is 0 Å². The maximum atomic E-state index is 2.22. The Morgan fingerprint density at radius 3 is 1.93 bits per heavy atom. The lowest BCUT2D eigenvalue weighted by molar-refractivity contribution is 0.0811. The maximum Gasteiger partial charge on any atom is 0.135 e. The van der Waals surface area contributed by atoms with Gasteiger partial charge in [0.05, 0.1) is 0 Å². The van der Waals surface area contributed by atoms with Crippen molar-refractivity contribution >= 4 is 0 Å². The lowest BCUT2D eigenvalue weighted by Gasteiger charge is -2.40. The van der Waals surface area contributed by atoms with Gasteiger partial charge in [-0.15, -0.1) is 0 Å². The molecule has 0 radical (unpaired) electrons. The highest BCUT2D eigenvalue weighted by atomic mass is 15.4. The second kappa shape index (κ2) is 3.05. The Kier molecular flexibility index (Phi) is 1.99. The standard InChI is InChI=1S/C12H16N2/c1-12(11-7-5-4-6-8-11)13(2)9-10-14(12)3/h4-10H,1-3H3. The average molecular weight is 188 g/mol. The molecule has 0 N–H and O–H groups in total. The van der Waals surface area contributed by atoms with Gasteiger partial charge in [-0.3, -0.25) is 0 Å². The molecule has 74 valence electrons. The van der Waals surface area contributed by atoms with Crippen molar-refractivity contribution < 1.29 is 0 Å². The Bertz CT molecular complexity index is 331. The van der Waals surface area contributed by atoms with Crippen LogP contribution in [0.25, 0.3) is 0 Å². The fraction of sp³-hybridized carbons (Fsp3) is 0.333. The molecule has 0 spiro atoms. The van der Waals surface area contributed by atoms with Crippen LogP contribution in [0.15, 0.2) is 42.7 Å². The van der Waals surface area contributed by atoms with Gasteiger partial charge in [-0.05, 0) is 12.5 Å². The van der Waals surface area contributed by atoms with Gasteiger partial charge in [-0.2, -0.15) is 0 Å². The van der Waals surface area contributed by atoms with Crippen molar-refractivity contribution in [2.75, 3.05) is 14.1 Å². The molecule has 0 bridgehead atoms. The molecule has 1 aliphatic heterocycles. The van der Waals surface area contributed by atoms with E-state index in [-0.39, 0.29) is 5.66 Å². The van der Waals surface area contributed by atoms with E-state index in [9.17, 15) is 0 Å². The number of hydrogen-bond acceptors (Lipinski definition) is 2. The van der Waals surface area contributed by atoms with E-state index in [0.717, 1.165) is 0 Å². The minimum absolute atomic E-state index is 0.0404. The van der Waals surface area contributed by atoms with Gasteiger partial charge >= 0.3 is 0 Å². The van der Waals surface area contributed by atoms with E-state index in [1.54, 1.807) is 0 Å². The molecule has 2 heteroatoms. The molecule has 1 aromatic carbocycles. The molecule has 0 unspecified atom stereocenters. The van der Waals surface area contributed by atoms with Crippen LogP contribution >= 0.6 is 0 Å². The molecule has 0 amide bonds. The summed E-state index contributed by atoms with van der Waals surface area (Å²) >= 11 is 0. The molecule has 14 heavy (non-hydrogen) atoms. The van der Waals surface area contributed by atoms with E-state index < -0.39 is 0 Å². The van der Waals surface area contributed by atoms with Crippen molar-refractivity contribution in [2.24, 2.45) is 0 Å². The first-order valence-electron chi connectivity index (χ1n) is 4.85. The lowest BCUT2D eigenvalue weighted by Crippen LogP contribution is -2.44. The minimum atomic E-state index is -0.0404. The van der Waals surface area contributed by atoms with E-state index >= 15 is 0 Å². The summed E-state index contributed by atoms with van der Waals surface area (Å²) in [5.74, 6) is 0. The second-order valence-electron chi connectivity index (χ2n) is 3.91. The zero-order chi connectivity index (χ0) is 10.2. The molecule has 0 fully saturated rings. The van der Waals surface area contributed by atoms with Crippen LogP contribution in [-0.2, 0) is 5.66 Å². The van der Waals surface area contributed by atoms with Gasteiger partial charge in [0.1, 0.15) is 5.66 Å². The predicted octanol–water partition coefficient (Wildman–Crippen LogP) is 2.21. The molecule has 1 aliphatic rings. The number of hydrogen-bond donors (Lipinski definition) is 0. The Morgan fingerprint density at radius 2 is 1.43 bits per heavy atom. The van der Waals surface area contributed by atoms with Crippen LogP contribution < -0.4 is 0 Å². The van der Waals surface area contributed by atoms with Crippen molar-refractivity contribution in [3.8, 4) is 0 Å². The van der Waals surface area contributed by atoms with E-state index in [1.165, 1.54) is 5.56 Å². The first kappa shape index (κ1) is 9.13. The van der Waals surface area contributed by atoms with Crippen molar-refractivity contribution in [1.29, 1.82) is 0 Å². The smallest absolute Gasteiger partial charge is 0.135 e. The van der Waals surface area contributed by atoms with Crippen LogP contribution in [0, 0.1) is 0 Å². The van der Waals surface area contributed by atoms with Crippen molar-refractivity contribution in [3.63, 3.8) is 0 Å². The van der Waals surface area contributed by atoms with Crippen LogP contribution in [0.2, 0.25) is 0 Å². The zero-order valence-corrected chi connectivity index (χ0v) is 8.94. The van der Waals surface area contributed by atoms with Crippen LogP contribution in [0.1, 0.15) is 12.5 Å². The summed E-state index contributed by atoms with van der Waals surface area (Å²) < 4.78 is 0. The molecule has 0 saturated carbocycles. The first-order chi connectivity index (χ1) is 6.65. The highest BCUT2D eigenvalue weighted by Gasteiger charge is 2.36. The Morgan fingerprint density at radius 1 is 0.929 bits per heavy atom. The number of rotatable bonds is 1. The largest absolute Gasteiger partial charge is 0.353 e. The van der Waals surface area contributed by atoms with Gasteiger partial charge in [-0.25, -0.2) is 0 Å². The maximum absolute atomic E-state index is 2.22. The molecule has 2 nitrogen and oxygen atoms in total. The van der Waals surface area contributed by atoms with Gasteiger partial charge in [-0.1, -0.05) is 30.3 Å². The van der Waals surface area contributed by atoms with Crippen molar-refractivity contribution in [3.05, 3.63) is 48.3 Å². The van der Waals surface area contributed by atoms with E-state index in [4.69, 9.17) is 0 Å². The molecule has 0 aliphatic carbocycles. The summed E-state index contributed by atoms with van der Waals surface area (Å²) in [4.78, 5) is 4.45. The van der Waals surface area contributed by atoms with E-state index in [0.29, 0.717) is 0 Å². The normalized spacial score (nSPS) is 19.1. The molecular formula is C12H16N2. The third kappa shape index (κ3) is 1.10. The summed E-state index contributed by atoms with van der Waals surface area (Å²) in [6, 6.07) is 10.6. The molecule has 0 atom stereocenters. The van der Waals surface area contributed by atoms with Gasteiger partial charge in [0.2, 0.25) is 0 Å². The third-order valence-corrected chi connectivity index (χ3v) is 3.21. The molecular weight excluding hydrogens is 172 g/mol. The Labute approximate surface area is 85.4 Å². The minimum Gasteiger partial charge on any atom is -0.353 e. The molecule has 2 rings (SSSR count). The quantitative estimate of drug-likeness (QED) is 0.666. The van der Waals surface area contributed by atoms with Gasteiger partial charge in [0.15, 0.2) is 0 Å². The van der Waals surface area contributed by atoms with Crippen LogP contribution in [0.5, 0.6) is 0 Å². The number of benzene rings is 1. The number of nitrogens with zero attached hydrogens (tertiary/aromatic N) is 2. The van der Waals surface area contributed by atoms with Crippen LogP contribution in [-0.4, -0.2) is 23.9 Å². The lowest BCUT2D eigenvalue weighted by atomic mass is 10.00. The highest BCUT2D eigenvalue weighted by molar-refractivity contribution is 5.26. The Hall–Kier alpha value is -1.44. The second-order valence-corrected chi connectivity index (χ2v) is 3.91. The monoisotopic (exact) mass is 188 g/mol. The first-order valence-corrected chi connectivity index (χ1v) is 4.85. The zero-order valence-electron chi connectivity index (χ0n) is 8.94. The van der Waals surface area contributed by atoms with Crippen molar-refractivity contribution in [1.82, 2.24) is 9.80 Å². The topological polar surface area (TPSA) is 6.48 Å². The SMILES string of the molecule is CN1C=CN(C)C1(C)c1ccccc1. The molecule has 0 saturated heterocycles. The summed E-state index contributed by atoms with van der Waals surface area (Å²) in [5.41, 5.74) is 1.27. The Balaban J connectivity index is 2.42. The molecule has 1 aromatic rings. The average Bonchev–Trinajstić information content (AvgIpc) is 2.49. The van der Waals surface area contributed by atoms with Crippen molar-refractivity contribution in [2.45, 2.75) is 12.6 Å². The fourth-order valence-corrected chi connectivity index (χ4v) is 1.90. The third-order valence-electron chi connectivity index (χ3n) is 3.21.